The van der Waals surface area contributed by atoms with Gasteiger partial charge in [0, 0.05) is 22.7 Å². The second-order valence-electron chi connectivity index (χ2n) is 7.82. The first-order valence-electron chi connectivity index (χ1n) is 10.6. The second kappa shape index (κ2) is 8.31. The molecule has 3 aromatic carbocycles. The molecular formula is C27H22FN5. The molecule has 0 atom stereocenters. The van der Waals surface area contributed by atoms with E-state index in [1.807, 2.05) is 50.3 Å². The molecule has 33 heavy (non-hydrogen) atoms. The zero-order valence-electron chi connectivity index (χ0n) is 18.4. The van der Waals surface area contributed by atoms with Gasteiger partial charge in [0.05, 0.1) is 16.6 Å². The van der Waals surface area contributed by atoms with E-state index in [4.69, 9.17) is 4.98 Å². The van der Waals surface area contributed by atoms with Crippen LogP contribution in [0.15, 0.2) is 83.5 Å². The molecule has 2 aromatic heterocycles. The van der Waals surface area contributed by atoms with Crippen LogP contribution in [0.4, 0.5) is 4.39 Å². The molecule has 6 heteroatoms. The van der Waals surface area contributed by atoms with Crippen LogP contribution in [-0.2, 0) is 0 Å². The van der Waals surface area contributed by atoms with Gasteiger partial charge in [-0.1, -0.05) is 36.4 Å². The van der Waals surface area contributed by atoms with E-state index in [1.54, 1.807) is 18.3 Å². The van der Waals surface area contributed by atoms with Crippen molar-refractivity contribution in [3.8, 4) is 22.6 Å². The van der Waals surface area contributed by atoms with E-state index in [0.29, 0.717) is 5.82 Å². The number of hydrogen-bond acceptors (Lipinski definition) is 3. The first kappa shape index (κ1) is 20.6. The number of aliphatic imine (C=N–C) groups is 1. The molecule has 0 unspecified atom stereocenters. The molecule has 5 nitrogen and oxygen atoms in total. The lowest BCUT2D eigenvalue weighted by molar-refractivity contribution is 0.628. The fourth-order valence-electron chi connectivity index (χ4n) is 4.02. The average molecular weight is 436 g/mol. The number of allylic oxidation sites excluding steroid dienone is 3. The number of nitrogens with one attached hydrogen (secondary N) is 2. The third kappa shape index (κ3) is 3.65. The first-order valence-corrected chi connectivity index (χ1v) is 10.6. The van der Waals surface area contributed by atoms with Crippen LogP contribution in [0.5, 0.6) is 0 Å². The van der Waals surface area contributed by atoms with E-state index >= 15 is 0 Å². The van der Waals surface area contributed by atoms with Crippen LogP contribution in [0.25, 0.3) is 50.2 Å². The number of rotatable bonds is 5. The molecule has 2 heterocycles. The van der Waals surface area contributed by atoms with Gasteiger partial charge in [0.15, 0.2) is 5.82 Å². The predicted octanol–water partition coefficient (Wildman–Crippen LogP) is 6.92. The second-order valence-corrected chi connectivity index (χ2v) is 7.82. The van der Waals surface area contributed by atoms with Crippen LogP contribution in [0, 0.1) is 5.82 Å². The smallest absolute Gasteiger partial charge is 0.159 e. The number of para-hydroxylation sites is 1. The highest BCUT2D eigenvalue weighted by Gasteiger charge is 2.16. The molecule has 0 radical (unpaired) electrons. The summed E-state index contributed by atoms with van der Waals surface area (Å²) in [4.78, 5) is 12.3. The maximum Gasteiger partial charge on any atom is 0.159 e. The van der Waals surface area contributed by atoms with E-state index in [9.17, 15) is 4.39 Å². The molecule has 0 amide bonds. The zero-order valence-corrected chi connectivity index (χ0v) is 18.4. The minimum Gasteiger partial charge on any atom is -0.337 e. The lowest BCUT2D eigenvalue weighted by atomic mass is 9.98. The Balaban J connectivity index is 1.66. The Labute approximate surface area is 190 Å². The zero-order chi connectivity index (χ0) is 22.9. The van der Waals surface area contributed by atoms with Crippen LogP contribution in [0.3, 0.4) is 0 Å². The number of benzene rings is 3. The maximum absolute atomic E-state index is 13.4. The lowest BCUT2D eigenvalue weighted by Crippen LogP contribution is -1.87. The normalized spacial score (nSPS) is 12.6. The van der Waals surface area contributed by atoms with Crippen molar-refractivity contribution in [1.29, 1.82) is 0 Å². The topological polar surface area (TPSA) is 69.7 Å². The van der Waals surface area contributed by atoms with E-state index in [1.165, 1.54) is 12.1 Å². The molecule has 5 aromatic rings. The number of imidazole rings is 1. The summed E-state index contributed by atoms with van der Waals surface area (Å²) in [6.45, 7) is 7.67. The summed E-state index contributed by atoms with van der Waals surface area (Å²) in [5.41, 5.74) is 8.33. The van der Waals surface area contributed by atoms with E-state index in [-0.39, 0.29) is 5.82 Å². The minimum absolute atomic E-state index is 0.263. The molecule has 0 saturated carbocycles. The summed E-state index contributed by atoms with van der Waals surface area (Å²) in [6.07, 6.45) is 3.82. The quantitative estimate of drug-likeness (QED) is 0.232. The molecule has 0 aliphatic rings. The van der Waals surface area contributed by atoms with Crippen molar-refractivity contribution in [2.24, 2.45) is 4.99 Å². The van der Waals surface area contributed by atoms with Gasteiger partial charge < -0.3 is 4.98 Å². The van der Waals surface area contributed by atoms with Gasteiger partial charge in [-0.15, -0.1) is 0 Å². The van der Waals surface area contributed by atoms with Gasteiger partial charge in [0.25, 0.3) is 0 Å². The van der Waals surface area contributed by atoms with Crippen LogP contribution in [0.1, 0.15) is 19.4 Å². The molecule has 0 aliphatic carbocycles. The van der Waals surface area contributed by atoms with Gasteiger partial charge in [-0.3, -0.25) is 10.1 Å². The monoisotopic (exact) mass is 435 g/mol. The van der Waals surface area contributed by atoms with E-state index < -0.39 is 0 Å². The van der Waals surface area contributed by atoms with Crippen LogP contribution in [-0.4, -0.2) is 26.9 Å². The van der Waals surface area contributed by atoms with Gasteiger partial charge >= 0.3 is 0 Å². The fourth-order valence-corrected chi connectivity index (χ4v) is 4.02. The molecule has 5 rings (SSSR count). The van der Waals surface area contributed by atoms with Crippen LogP contribution in [0.2, 0.25) is 0 Å². The highest BCUT2D eigenvalue weighted by molar-refractivity contribution is 5.98. The van der Waals surface area contributed by atoms with Crippen molar-refractivity contribution in [1.82, 2.24) is 20.2 Å². The van der Waals surface area contributed by atoms with Crippen molar-refractivity contribution in [3.63, 3.8) is 0 Å². The number of nitrogens with zero attached hydrogens (tertiary/aromatic N) is 3. The number of hydrogen-bond donors (Lipinski definition) is 2. The molecule has 162 valence electrons. The van der Waals surface area contributed by atoms with Gasteiger partial charge in [-0.2, -0.15) is 5.10 Å². The Bertz CT molecular complexity index is 1550. The summed E-state index contributed by atoms with van der Waals surface area (Å²) in [6, 6.07) is 18.5. The third-order valence-electron chi connectivity index (χ3n) is 5.84. The summed E-state index contributed by atoms with van der Waals surface area (Å²) < 4.78 is 13.4. The summed E-state index contributed by atoms with van der Waals surface area (Å²) >= 11 is 0. The molecule has 2 N–H and O–H groups in total. The van der Waals surface area contributed by atoms with Gasteiger partial charge in [-0.25, -0.2) is 9.37 Å². The summed E-state index contributed by atoms with van der Waals surface area (Å²) in [7, 11) is 0. The van der Waals surface area contributed by atoms with E-state index in [0.717, 1.165) is 55.5 Å². The Morgan fingerprint density at radius 1 is 1.06 bits per heavy atom. The average Bonchev–Trinajstić information content (AvgIpc) is 3.46. The number of aromatic amines is 2. The minimum atomic E-state index is -0.263. The summed E-state index contributed by atoms with van der Waals surface area (Å²) in [5, 5.41) is 8.60. The Morgan fingerprint density at radius 2 is 1.88 bits per heavy atom. The standard InChI is InChI=1S/C27H22FN5/c1-4-16(2)22(15-29-3)18-10-13-23-21(14-18)26(33-32-23)27-30-24-7-5-6-20(25(24)31-27)17-8-11-19(28)12-9-17/h4-15H,3H2,1-2H3,(H,30,31)(H,32,33)/b16-4-,22-15+. The summed E-state index contributed by atoms with van der Waals surface area (Å²) in [5.74, 6) is 0.402. The van der Waals surface area contributed by atoms with Crippen molar-refractivity contribution in [2.75, 3.05) is 0 Å². The van der Waals surface area contributed by atoms with Gasteiger partial charge in [0.2, 0.25) is 0 Å². The van der Waals surface area contributed by atoms with Crippen molar-refractivity contribution < 1.29 is 4.39 Å². The predicted molar refractivity (Wildman–Crippen MR) is 134 cm³/mol. The molecule has 0 fully saturated rings. The van der Waals surface area contributed by atoms with Gasteiger partial charge in [0.1, 0.15) is 11.5 Å². The highest BCUT2D eigenvalue weighted by atomic mass is 19.1. The van der Waals surface area contributed by atoms with Gasteiger partial charge in [-0.05, 0) is 67.6 Å². The molecule has 0 bridgehead atoms. The fraction of sp³-hybridized carbons (Fsp3) is 0.0741. The molecular weight excluding hydrogens is 413 g/mol. The number of halogens is 1. The van der Waals surface area contributed by atoms with Crippen LogP contribution < -0.4 is 0 Å². The largest absolute Gasteiger partial charge is 0.337 e. The Morgan fingerprint density at radius 3 is 2.64 bits per heavy atom. The third-order valence-corrected chi connectivity index (χ3v) is 5.84. The van der Waals surface area contributed by atoms with E-state index in [2.05, 4.69) is 33.0 Å². The molecule has 0 spiro atoms. The SMILES string of the molecule is C=N/C=C(\C(C)=C/C)c1ccc2[nH]nc(-c3nc4c(-c5ccc(F)cc5)cccc4[nH]3)c2c1. The van der Waals surface area contributed by atoms with Crippen molar-refractivity contribution in [2.45, 2.75) is 13.8 Å². The number of aromatic nitrogens is 4. The lowest BCUT2D eigenvalue weighted by Gasteiger charge is -2.07. The molecule has 0 aliphatic heterocycles. The number of H-pyrrole nitrogens is 2. The Kier molecular flexibility index (Phi) is 5.18. The highest BCUT2D eigenvalue weighted by Crippen LogP contribution is 2.33. The Hall–Kier alpha value is -4.32. The van der Waals surface area contributed by atoms with Crippen molar-refractivity contribution in [3.05, 3.63) is 89.9 Å². The van der Waals surface area contributed by atoms with Crippen LogP contribution >= 0.6 is 0 Å². The molecule has 0 saturated heterocycles. The van der Waals surface area contributed by atoms with Crippen molar-refractivity contribution >= 4 is 34.2 Å². The number of fused-ring (bicyclic) bond motifs is 2. The first-order chi connectivity index (χ1) is 16.1. The maximum atomic E-state index is 13.4.